The molecule has 0 saturated carbocycles. The summed E-state index contributed by atoms with van der Waals surface area (Å²) in [7, 11) is -3.75. The summed E-state index contributed by atoms with van der Waals surface area (Å²) in [6.45, 7) is 3.67. The molecule has 0 saturated heterocycles. The van der Waals surface area contributed by atoms with Crippen molar-refractivity contribution in [3.8, 4) is 6.07 Å². The first kappa shape index (κ1) is 18.6. The highest BCUT2D eigenvalue weighted by atomic mass is 32.2. The number of sulfonamides is 1. The molecule has 2 aromatic carbocycles. The van der Waals surface area contributed by atoms with Gasteiger partial charge in [-0.25, -0.2) is 13.1 Å². The van der Waals surface area contributed by atoms with Crippen LogP contribution < -0.4 is 10.0 Å². The normalized spacial score (nSPS) is 11.1. The number of nitrogens with zero attached hydrogens (tertiary/aromatic N) is 1. The summed E-state index contributed by atoms with van der Waals surface area (Å²) in [6, 6.07) is 14.8. The minimum absolute atomic E-state index is 0.114. The van der Waals surface area contributed by atoms with Gasteiger partial charge in [-0.2, -0.15) is 5.26 Å². The minimum Gasteiger partial charge on any atom is -0.325 e. The molecule has 0 unspecified atom stereocenters. The van der Waals surface area contributed by atoms with Crippen molar-refractivity contribution in [1.82, 2.24) is 4.72 Å². The fraction of sp³-hybridized carbons (Fsp3) is 0.222. The van der Waals surface area contributed by atoms with Crippen LogP contribution in [0.1, 0.15) is 30.9 Å². The van der Waals surface area contributed by atoms with Crippen molar-refractivity contribution >= 4 is 21.6 Å². The van der Waals surface area contributed by atoms with Crippen molar-refractivity contribution in [1.29, 1.82) is 5.26 Å². The van der Waals surface area contributed by atoms with Crippen LogP contribution in [0.2, 0.25) is 0 Å². The maximum absolute atomic E-state index is 12.2. The smallest absolute Gasteiger partial charge is 0.241 e. The molecule has 0 radical (unpaired) electrons. The van der Waals surface area contributed by atoms with Crippen molar-refractivity contribution in [2.45, 2.75) is 24.7 Å². The first-order chi connectivity index (χ1) is 11.8. The Bertz CT molecular complexity index is 881. The Morgan fingerprint density at radius 2 is 1.68 bits per heavy atom. The second-order valence-corrected chi connectivity index (χ2v) is 7.55. The van der Waals surface area contributed by atoms with Gasteiger partial charge in [0.05, 0.1) is 23.1 Å². The lowest BCUT2D eigenvalue weighted by molar-refractivity contribution is -0.115. The van der Waals surface area contributed by atoms with E-state index in [4.69, 9.17) is 5.26 Å². The van der Waals surface area contributed by atoms with Crippen LogP contribution in [0.3, 0.4) is 0 Å². The third kappa shape index (κ3) is 5.14. The van der Waals surface area contributed by atoms with Crippen molar-refractivity contribution in [2.24, 2.45) is 0 Å². The Kier molecular flexibility index (Phi) is 5.91. The second-order valence-electron chi connectivity index (χ2n) is 5.79. The number of benzene rings is 2. The highest BCUT2D eigenvalue weighted by molar-refractivity contribution is 7.89. The first-order valence-electron chi connectivity index (χ1n) is 7.71. The van der Waals surface area contributed by atoms with Gasteiger partial charge in [-0.1, -0.05) is 26.0 Å². The SMILES string of the molecule is CC(C)c1ccc(S(=O)(=O)NCC(=O)Nc2ccc(C#N)cc2)cc1. The molecule has 0 fully saturated rings. The van der Waals surface area contributed by atoms with Gasteiger partial charge in [0.25, 0.3) is 0 Å². The van der Waals surface area contributed by atoms with Gasteiger partial charge in [-0.05, 0) is 47.9 Å². The van der Waals surface area contributed by atoms with E-state index in [1.54, 1.807) is 36.4 Å². The lowest BCUT2D eigenvalue weighted by atomic mass is 10.0. The summed E-state index contributed by atoms with van der Waals surface area (Å²) in [4.78, 5) is 12.0. The summed E-state index contributed by atoms with van der Waals surface area (Å²) < 4.78 is 26.7. The van der Waals surface area contributed by atoms with E-state index < -0.39 is 15.9 Å². The fourth-order valence-electron chi connectivity index (χ4n) is 2.11. The standard InChI is InChI=1S/C18H19N3O3S/c1-13(2)15-5-9-17(10-6-15)25(23,24)20-12-18(22)21-16-7-3-14(11-19)4-8-16/h3-10,13,20H,12H2,1-2H3,(H,21,22). The monoisotopic (exact) mass is 357 g/mol. The van der Waals surface area contributed by atoms with Crippen molar-refractivity contribution in [3.63, 3.8) is 0 Å². The lowest BCUT2D eigenvalue weighted by Gasteiger charge is -2.09. The zero-order valence-corrected chi connectivity index (χ0v) is 14.8. The molecule has 6 nitrogen and oxygen atoms in total. The predicted molar refractivity (Wildman–Crippen MR) is 95.5 cm³/mol. The molecule has 7 heteroatoms. The third-order valence-electron chi connectivity index (χ3n) is 3.58. The molecule has 1 amide bonds. The molecular formula is C18H19N3O3S. The minimum atomic E-state index is -3.75. The molecule has 0 aliphatic heterocycles. The summed E-state index contributed by atoms with van der Waals surface area (Å²) >= 11 is 0. The molecule has 130 valence electrons. The average molecular weight is 357 g/mol. The van der Waals surface area contributed by atoms with E-state index in [0.29, 0.717) is 17.2 Å². The number of hydrogen-bond donors (Lipinski definition) is 2. The molecule has 0 aliphatic carbocycles. The van der Waals surface area contributed by atoms with Gasteiger partial charge >= 0.3 is 0 Å². The van der Waals surface area contributed by atoms with Crippen molar-refractivity contribution in [3.05, 3.63) is 59.7 Å². The highest BCUT2D eigenvalue weighted by Crippen LogP contribution is 2.17. The summed E-state index contributed by atoms with van der Waals surface area (Å²) in [6.07, 6.45) is 0. The van der Waals surface area contributed by atoms with Gasteiger partial charge in [-0.3, -0.25) is 4.79 Å². The second kappa shape index (κ2) is 7.92. The van der Waals surface area contributed by atoms with E-state index in [1.165, 1.54) is 12.1 Å². The number of nitrogens with one attached hydrogen (secondary N) is 2. The molecule has 0 atom stereocenters. The highest BCUT2D eigenvalue weighted by Gasteiger charge is 2.15. The van der Waals surface area contributed by atoms with E-state index in [0.717, 1.165) is 5.56 Å². The maximum Gasteiger partial charge on any atom is 0.241 e. The van der Waals surface area contributed by atoms with Gasteiger partial charge in [0, 0.05) is 5.69 Å². The summed E-state index contributed by atoms with van der Waals surface area (Å²) in [5.74, 6) is -0.185. The van der Waals surface area contributed by atoms with E-state index in [9.17, 15) is 13.2 Å². The third-order valence-corrected chi connectivity index (χ3v) is 4.99. The number of nitriles is 1. The van der Waals surface area contributed by atoms with Gasteiger partial charge in [0.15, 0.2) is 0 Å². The Hall–Kier alpha value is -2.69. The van der Waals surface area contributed by atoms with Crippen LogP contribution >= 0.6 is 0 Å². The van der Waals surface area contributed by atoms with Gasteiger partial charge < -0.3 is 5.32 Å². The molecule has 0 spiro atoms. The zero-order valence-electron chi connectivity index (χ0n) is 14.0. The Balaban J connectivity index is 1.96. The number of amides is 1. The maximum atomic E-state index is 12.2. The Morgan fingerprint density at radius 1 is 1.08 bits per heavy atom. The zero-order chi connectivity index (χ0) is 18.4. The molecule has 2 aromatic rings. The Morgan fingerprint density at radius 3 is 2.20 bits per heavy atom. The van der Waals surface area contributed by atoms with Crippen LogP contribution in [-0.4, -0.2) is 20.9 Å². The van der Waals surface area contributed by atoms with Gasteiger partial charge in [0.1, 0.15) is 0 Å². The Labute approximate surface area is 147 Å². The fourth-order valence-corrected chi connectivity index (χ4v) is 3.09. The quantitative estimate of drug-likeness (QED) is 0.830. The predicted octanol–water partition coefficient (Wildman–Crippen LogP) is 2.60. The topological polar surface area (TPSA) is 99.1 Å². The molecular weight excluding hydrogens is 338 g/mol. The number of rotatable bonds is 6. The lowest BCUT2D eigenvalue weighted by Crippen LogP contribution is -2.32. The van der Waals surface area contributed by atoms with Crippen LogP contribution in [-0.2, 0) is 14.8 Å². The van der Waals surface area contributed by atoms with E-state index in [-0.39, 0.29) is 11.4 Å². The number of anilines is 1. The van der Waals surface area contributed by atoms with Crippen LogP contribution in [0, 0.1) is 11.3 Å². The average Bonchev–Trinajstić information content (AvgIpc) is 2.61. The molecule has 0 heterocycles. The number of hydrogen-bond acceptors (Lipinski definition) is 4. The van der Waals surface area contributed by atoms with Crippen molar-refractivity contribution in [2.75, 3.05) is 11.9 Å². The van der Waals surface area contributed by atoms with Crippen LogP contribution in [0.5, 0.6) is 0 Å². The largest absolute Gasteiger partial charge is 0.325 e. The van der Waals surface area contributed by atoms with Crippen LogP contribution in [0.15, 0.2) is 53.4 Å². The molecule has 0 aromatic heterocycles. The number of carbonyl (C=O) groups excluding carboxylic acids is 1. The van der Waals surface area contributed by atoms with E-state index in [2.05, 4.69) is 10.0 Å². The van der Waals surface area contributed by atoms with E-state index >= 15 is 0 Å². The first-order valence-corrected chi connectivity index (χ1v) is 9.20. The number of carbonyl (C=O) groups is 1. The van der Waals surface area contributed by atoms with E-state index in [1.807, 2.05) is 19.9 Å². The van der Waals surface area contributed by atoms with Crippen LogP contribution in [0.4, 0.5) is 5.69 Å². The van der Waals surface area contributed by atoms with Crippen LogP contribution in [0.25, 0.3) is 0 Å². The van der Waals surface area contributed by atoms with Gasteiger partial charge in [0.2, 0.25) is 15.9 Å². The molecule has 2 N–H and O–H groups in total. The molecule has 0 bridgehead atoms. The van der Waals surface area contributed by atoms with Gasteiger partial charge in [-0.15, -0.1) is 0 Å². The summed E-state index contributed by atoms with van der Waals surface area (Å²) in [5.41, 5.74) is 2.01. The summed E-state index contributed by atoms with van der Waals surface area (Å²) in [5, 5.41) is 11.3. The molecule has 0 aliphatic rings. The molecule has 2 rings (SSSR count). The van der Waals surface area contributed by atoms with Crippen molar-refractivity contribution < 1.29 is 13.2 Å². The molecule has 25 heavy (non-hydrogen) atoms.